The summed E-state index contributed by atoms with van der Waals surface area (Å²) in [6.45, 7) is 1.77. The van der Waals surface area contributed by atoms with Crippen LogP contribution in [-0.4, -0.2) is 17.3 Å². The van der Waals surface area contributed by atoms with Gasteiger partial charge in [-0.3, -0.25) is 0 Å². The maximum atomic E-state index is 9.34. The minimum absolute atomic E-state index is 0.105. The molecule has 0 bridgehead atoms. The van der Waals surface area contributed by atoms with Gasteiger partial charge in [0.15, 0.2) is 0 Å². The molecule has 1 rings (SSSR count). The van der Waals surface area contributed by atoms with Crippen LogP contribution in [0, 0.1) is 5.89 Å². The molecule has 0 heterocycles. The van der Waals surface area contributed by atoms with Gasteiger partial charge in [-0.15, -0.1) is 0 Å². The van der Waals surface area contributed by atoms with E-state index < -0.39 is 12.0 Å². The summed E-state index contributed by atoms with van der Waals surface area (Å²) in [5.41, 5.74) is 5.60. The molecule has 2 heteroatoms. The Hall–Kier alpha value is -0.0800. The van der Waals surface area contributed by atoms with E-state index >= 15 is 0 Å². The Balaban J connectivity index is 2.52. The van der Waals surface area contributed by atoms with Crippen LogP contribution >= 0.6 is 0 Å². The van der Waals surface area contributed by atoms with Crippen molar-refractivity contribution in [3.05, 3.63) is 0 Å². The van der Waals surface area contributed by atoms with Crippen LogP contribution < -0.4 is 5.73 Å². The van der Waals surface area contributed by atoms with Gasteiger partial charge in [0, 0.05) is 7.41 Å². The highest BCUT2D eigenvalue weighted by molar-refractivity contribution is 4.78. The molecule has 0 aromatic rings. The van der Waals surface area contributed by atoms with Crippen LogP contribution in [0.25, 0.3) is 0 Å². The highest BCUT2D eigenvalue weighted by Crippen LogP contribution is 2.22. The number of rotatable bonds is 0. The van der Waals surface area contributed by atoms with E-state index in [9.17, 15) is 5.11 Å². The summed E-state index contributed by atoms with van der Waals surface area (Å²) in [4.78, 5) is 0. The molecule has 3 N–H and O–H groups in total. The largest absolute Gasteiger partial charge is 0.393 e. The van der Waals surface area contributed by atoms with Gasteiger partial charge in [0.1, 0.15) is 0 Å². The first-order chi connectivity index (χ1) is 4.52. The zero-order valence-electron chi connectivity index (χ0n) is 6.80. The smallest absolute Gasteiger partial charge is 0.0580 e. The molecule has 1 aliphatic rings. The fourth-order valence-corrected chi connectivity index (χ4v) is 1.19. The molecule has 0 spiro atoms. The van der Waals surface area contributed by atoms with Gasteiger partial charge in [-0.1, -0.05) is 6.92 Å². The molecule has 0 saturated heterocycles. The average molecular weight is 130 g/mol. The lowest BCUT2D eigenvalue weighted by Gasteiger charge is -2.28. The lowest BCUT2D eigenvalue weighted by molar-refractivity contribution is 0.0708. The molecule has 0 radical (unpaired) electrons. The second-order valence-electron chi connectivity index (χ2n) is 2.90. The number of nitrogens with two attached hydrogens (primary N) is 1. The number of hydrogen-bond donors (Lipinski definition) is 2. The predicted octanol–water partition coefficient (Wildman–Crippen LogP) is 0.495. The maximum Gasteiger partial charge on any atom is 0.0580 e. The van der Waals surface area contributed by atoms with E-state index in [-0.39, 0.29) is 6.04 Å². The highest BCUT2D eigenvalue weighted by atomic mass is 16.3. The van der Waals surface area contributed by atoms with Crippen LogP contribution in [0.15, 0.2) is 0 Å². The second-order valence-corrected chi connectivity index (χ2v) is 2.90. The van der Waals surface area contributed by atoms with Gasteiger partial charge < -0.3 is 10.8 Å². The Kier molecular flexibility index (Phi) is 1.69. The average Bonchev–Trinajstić information content (AvgIpc) is 1.81. The normalized spacial score (nSPS) is 54.8. The second kappa shape index (κ2) is 2.67. The number of hydrogen-bond acceptors (Lipinski definition) is 2. The Morgan fingerprint density at radius 3 is 2.78 bits per heavy atom. The number of aliphatic hydroxyl groups is 1. The molecule has 1 fully saturated rings. The van der Waals surface area contributed by atoms with E-state index in [1.54, 1.807) is 6.92 Å². The molecule has 0 amide bonds. The van der Waals surface area contributed by atoms with Gasteiger partial charge >= 0.3 is 0 Å². The van der Waals surface area contributed by atoms with Crippen molar-refractivity contribution in [2.24, 2.45) is 11.6 Å². The predicted molar refractivity (Wildman–Crippen MR) is 37.0 cm³/mol. The Labute approximate surface area is 57.5 Å². The molecule has 0 aromatic heterocycles. The van der Waals surface area contributed by atoms with E-state index in [0.29, 0.717) is 6.42 Å². The zero-order valence-corrected chi connectivity index (χ0v) is 5.80. The van der Waals surface area contributed by atoms with Crippen molar-refractivity contribution in [1.82, 2.24) is 0 Å². The summed E-state index contributed by atoms with van der Waals surface area (Å²) in [6.07, 6.45) is 1.64. The first-order valence-corrected chi connectivity index (χ1v) is 3.46. The molecule has 0 aliphatic heterocycles. The summed E-state index contributed by atoms with van der Waals surface area (Å²) in [6, 6.07) is 0.105. The molecule has 1 aliphatic carbocycles. The van der Waals surface area contributed by atoms with Gasteiger partial charge in [-0.25, -0.2) is 0 Å². The van der Waals surface area contributed by atoms with E-state index in [0.717, 1.165) is 12.8 Å². The molecule has 2 nitrogen and oxygen atoms in total. The van der Waals surface area contributed by atoms with Crippen molar-refractivity contribution in [3.63, 3.8) is 0 Å². The van der Waals surface area contributed by atoms with Crippen molar-refractivity contribution in [1.29, 1.82) is 0 Å². The third-order valence-corrected chi connectivity index (χ3v) is 2.00. The third kappa shape index (κ3) is 1.66. The summed E-state index contributed by atoms with van der Waals surface area (Å²) in [5, 5.41) is 9.34. The van der Waals surface area contributed by atoms with Crippen molar-refractivity contribution >= 4 is 0 Å². The molecular weight excluding hydrogens is 114 g/mol. The number of aliphatic hydroxyl groups excluding tert-OH is 1. The first kappa shape index (κ1) is 5.69. The molecule has 0 unspecified atom stereocenters. The standard InChI is InChI=1S/C7H15NO/c1-5-2-3-6(8)4-7(5)9/h5-7,9H,2-4,8H2,1H3/t5-,6+,7+/m0/s1/i5D. The van der Waals surface area contributed by atoms with Crippen LogP contribution in [0.4, 0.5) is 0 Å². The van der Waals surface area contributed by atoms with Crippen LogP contribution in [0.1, 0.15) is 27.6 Å². The summed E-state index contributed by atoms with van der Waals surface area (Å²) < 4.78 is 7.62. The van der Waals surface area contributed by atoms with Crippen molar-refractivity contribution in [2.45, 2.75) is 38.3 Å². The van der Waals surface area contributed by atoms with Crippen LogP contribution in [0.2, 0.25) is 0 Å². The Bertz CT molecular complexity index is 127. The van der Waals surface area contributed by atoms with E-state index in [4.69, 9.17) is 7.10 Å². The first-order valence-electron chi connectivity index (χ1n) is 3.96. The zero-order chi connectivity index (χ0) is 7.78. The molecule has 0 aromatic carbocycles. The monoisotopic (exact) mass is 130 g/mol. The van der Waals surface area contributed by atoms with E-state index in [2.05, 4.69) is 0 Å². The third-order valence-electron chi connectivity index (χ3n) is 2.00. The minimum Gasteiger partial charge on any atom is -0.393 e. The maximum absolute atomic E-state index is 9.34. The quantitative estimate of drug-likeness (QED) is 0.501. The van der Waals surface area contributed by atoms with Crippen LogP contribution in [0.5, 0.6) is 0 Å². The fraction of sp³-hybridized carbons (Fsp3) is 1.00. The molecule has 9 heavy (non-hydrogen) atoms. The lowest BCUT2D eigenvalue weighted by atomic mass is 9.85. The Morgan fingerprint density at radius 1 is 1.67 bits per heavy atom. The van der Waals surface area contributed by atoms with Crippen molar-refractivity contribution in [3.8, 4) is 0 Å². The summed E-state index contributed by atoms with van der Waals surface area (Å²) in [5.74, 6) is -0.657. The van der Waals surface area contributed by atoms with Gasteiger partial charge in [0.05, 0.1) is 6.10 Å². The Morgan fingerprint density at radius 2 is 2.33 bits per heavy atom. The van der Waals surface area contributed by atoms with Gasteiger partial charge in [0.25, 0.3) is 0 Å². The van der Waals surface area contributed by atoms with Crippen molar-refractivity contribution < 1.29 is 6.48 Å². The SMILES string of the molecule is [2H][C@]1(C)CC[C@@H](N)C[C@H]1O. The lowest BCUT2D eigenvalue weighted by Crippen LogP contribution is -2.35. The van der Waals surface area contributed by atoms with Crippen LogP contribution in [0.3, 0.4) is 0 Å². The van der Waals surface area contributed by atoms with Crippen LogP contribution in [-0.2, 0) is 0 Å². The van der Waals surface area contributed by atoms with Gasteiger partial charge in [-0.05, 0) is 25.2 Å². The van der Waals surface area contributed by atoms with Gasteiger partial charge in [0.2, 0.25) is 0 Å². The summed E-state index contributed by atoms with van der Waals surface area (Å²) in [7, 11) is 0. The molecule has 1 saturated carbocycles. The topological polar surface area (TPSA) is 46.2 Å². The molecule has 54 valence electrons. The van der Waals surface area contributed by atoms with Crippen molar-refractivity contribution in [2.75, 3.05) is 0 Å². The van der Waals surface area contributed by atoms with E-state index in [1.807, 2.05) is 0 Å². The highest BCUT2D eigenvalue weighted by Gasteiger charge is 2.22. The minimum atomic E-state index is -0.657. The molecular formula is C7H15NO. The van der Waals surface area contributed by atoms with E-state index in [1.165, 1.54) is 0 Å². The fourth-order valence-electron chi connectivity index (χ4n) is 1.19. The summed E-state index contributed by atoms with van der Waals surface area (Å²) >= 11 is 0. The van der Waals surface area contributed by atoms with Gasteiger partial charge in [-0.2, -0.15) is 0 Å². The molecule has 3 atom stereocenters.